The molecule has 0 radical (unpaired) electrons. The monoisotopic (exact) mass is 243 g/mol. The van der Waals surface area contributed by atoms with E-state index in [1.165, 1.54) is 38.5 Å². The first-order chi connectivity index (χ1) is 8.31. The highest BCUT2D eigenvalue weighted by atomic mass is 16.1. The molecule has 0 unspecified atom stereocenters. The van der Waals surface area contributed by atoms with Gasteiger partial charge in [0.1, 0.15) is 0 Å². The van der Waals surface area contributed by atoms with E-state index < -0.39 is 0 Å². The van der Waals surface area contributed by atoms with Gasteiger partial charge < -0.3 is 5.32 Å². The molecule has 0 heterocycles. The van der Waals surface area contributed by atoms with Crippen molar-refractivity contribution in [2.24, 2.45) is 0 Å². The van der Waals surface area contributed by atoms with Gasteiger partial charge in [0.2, 0.25) is 5.91 Å². The minimum absolute atomic E-state index is 0.227. The zero-order valence-corrected chi connectivity index (χ0v) is 12.5. The molecule has 2 nitrogen and oxygen atoms in total. The largest absolute Gasteiger partial charge is 0.356 e. The molecule has 1 N–H and O–H groups in total. The van der Waals surface area contributed by atoms with E-state index in [9.17, 15) is 4.79 Å². The highest BCUT2D eigenvalue weighted by Gasteiger charge is 1.98. The number of hydrogen-bond donors (Lipinski definition) is 1. The number of hydrogen-bond acceptors (Lipinski definition) is 1. The fourth-order valence-corrected chi connectivity index (χ4v) is 1.60. The molecule has 0 rings (SSSR count). The lowest BCUT2D eigenvalue weighted by molar-refractivity contribution is -0.121. The van der Waals surface area contributed by atoms with Crippen molar-refractivity contribution >= 4 is 5.91 Å². The third-order valence-electron chi connectivity index (χ3n) is 2.58. The molecule has 0 aliphatic heterocycles. The molecule has 0 saturated heterocycles. The van der Waals surface area contributed by atoms with Crippen molar-refractivity contribution in [2.75, 3.05) is 6.54 Å². The van der Waals surface area contributed by atoms with Crippen molar-refractivity contribution in [1.29, 1.82) is 0 Å². The number of rotatable bonds is 10. The predicted molar refractivity (Wildman–Crippen MR) is 77.3 cm³/mol. The Labute approximate surface area is 109 Å². The Morgan fingerprint density at radius 3 is 1.88 bits per heavy atom. The zero-order chi connectivity index (χ0) is 13.4. The third-order valence-corrected chi connectivity index (χ3v) is 2.58. The van der Waals surface area contributed by atoms with Crippen molar-refractivity contribution in [3.8, 4) is 0 Å². The molecule has 0 aromatic carbocycles. The predicted octanol–water partition coefficient (Wildman–Crippen LogP) is 4.68. The second-order valence-electron chi connectivity index (χ2n) is 4.22. The smallest absolute Gasteiger partial charge is 0.219 e. The Morgan fingerprint density at radius 2 is 1.35 bits per heavy atom. The van der Waals surface area contributed by atoms with Crippen LogP contribution in [0.3, 0.4) is 0 Å². The molecule has 0 aliphatic carbocycles. The normalized spacial score (nSPS) is 9.41. The van der Waals surface area contributed by atoms with Gasteiger partial charge in [-0.15, -0.1) is 0 Å². The Balaban J connectivity index is 0. The second kappa shape index (κ2) is 17.9. The first-order valence-corrected chi connectivity index (χ1v) is 7.58. The fourth-order valence-electron chi connectivity index (χ4n) is 1.60. The summed E-state index contributed by atoms with van der Waals surface area (Å²) in [6, 6.07) is 0. The molecule has 0 spiro atoms. The summed E-state index contributed by atoms with van der Waals surface area (Å²) in [4.78, 5) is 11.2. The van der Waals surface area contributed by atoms with Crippen LogP contribution in [0.4, 0.5) is 0 Å². The standard InChI is InChI=1S/C13H27NO.C2H6/c1-3-5-6-7-8-9-10-11-13(15)14-12-4-2;1-2/h3-12H2,1-2H3,(H,14,15);1-2H3. The summed E-state index contributed by atoms with van der Waals surface area (Å²) < 4.78 is 0. The Kier molecular flexibility index (Phi) is 19.8. The lowest BCUT2D eigenvalue weighted by Crippen LogP contribution is -2.23. The molecule has 0 aromatic rings. The van der Waals surface area contributed by atoms with Gasteiger partial charge in [0.05, 0.1) is 0 Å². The van der Waals surface area contributed by atoms with Crippen LogP contribution in [0.2, 0.25) is 0 Å². The second-order valence-corrected chi connectivity index (χ2v) is 4.22. The lowest BCUT2D eigenvalue weighted by atomic mass is 10.1. The van der Waals surface area contributed by atoms with Crippen LogP contribution in [0, 0.1) is 0 Å². The molecular formula is C15H33NO. The minimum Gasteiger partial charge on any atom is -0.356 e. The van der Waals surface area contributed by atoms with Gasteiger partial charge in [-0.2, -0.15) is 0 Å². The minimum atomic E-state index is 0.227. The van der Waals surface area contributed by atoms with Gasteiger partial charge >= 0.3 is 0 Å². The average molecular weight is 243 g/mol. The maximum absolute atomic E-state index is 11.2. The molecule has 1 amide bonds. The van der Waals surface area contributed by atoms with E-state index in [1.807, 2.05) is 13.8 Å². The molecule has 0 saturated carbocycles. The SMILES string of the molecule is CC.CCCCCCCCCC(=O)NCCC. The van der Waals surface area contributed by atoms with Crippen LogP contribution in [-0.4, -0.2) is 12.5 Å². The Bertz CT molecular complexity index is 146. The topological polar surface area (TPSA) is 29.1 Å². The molecule has 104 valence electrons. The number of amides is 1. The summed E-state index contributed by atoms with van der Waals surface area (Å²) in [6.45, 7) is 9.14. The number of unbranched alkanes of at least 4 members (excludes halogenated alkanes) is 6. The summed E-state index contributed by atoms with van der Waals surface area (Å²) in [6.07, 6.45) is 10.7. The van der Waals surface area contributed by atoms with Crippen LogP contribution >= 0.6 is 0 Å². The van der Waals surface area contributed by atoms with Crippen LogP contribution in [-0.2, 0) is 4.79 Å². The molecule has 17 heavy (non-hydrogen) atoms. The summed E-state index contributed by atoms with van der Waals surface area (Å²) >= 11 is 0. The lowest BCUT2D eigenvalue weighted by Gasteiger charge is -2.03. The summed E-state index contributed by atoms with van der Waals surface area (Å²) in [5, 5.41) is 2.90. The Hall–Kier alpha value is -0.530. The van der Waals surface area contributed by atoms with Crippen LogP contribution in [0.15, 0.2) is 0 Å². The van der Waals surface area contributed by atoms with Crippen molar-refractivity contribution in [3.63, 3.8) is 0 Å². The maximum Gasteiger partial charge on any atom is 0.219 e. The van der Waals surface area contributed by atoms with Gasteiger partial charge in [-0.25, -0.2) is 0 Å². The van der Waals surface area contributed by atoms with Crippen LogP contribution in [0.5, 0.6) is 0 Å². The summed E-state index contributed by atoms with van der Waals surface area (Å²) in [5.41, 5.74) is 0. The van der Waals surface area contributed by atoms with Crippen molar-refractivity contribution < 1.29 is 4.79 Å². The van der Waals surface area contributed by atoms with Gasteiger partial charge in [-0.3, -0.25) is 4.79 Å². The number of carbonyl (C=O) groups is 1. The molecule has 0 aromatic heterocycles. The van der Waals surface area contributed by atoms with Crippen molar-refractivity contribution in [2.45, 2.75) is 85.5 Å². The van der Waals surface area contributed by atoms with Gasteiger partial charge in [0, 0.05) is 13.0 Å². The van der Waals surface area contributed by atoms with E-state index in [-0.39, 0.29) is 5.91 Å². The van der Waals surface area contributed by atoms with Crippen molar-refractivity contribution in [3.05, 3.63) is 0 Å². The highest BCUT2D eigenvalue weighted by Crippen LogP contribution is 2.08. The molecule has 0 atom stereocenters. The van der Waals surface area contributed by atoms with Crippen LogP contribution < -0.4 is 5.32 Å². The van der Waals surface area contributed by atoms with Gasteiger partial charge in [-0.1, -0.05) is 66.2 Å². The summed E-state index contributed by atoms with van der Waals surface area (Å²) in [7, 11) is 0. The van der Waals surface area contributed by atoms with Gasteiger partial charge in [0.25, 0.3) is 0 Å². The molecule has 0 aliphatic rings. The Morgan fingerprint density at radius 1 is 0.824 bits per heavy atom. The molecule has 0 fully saturated rings. The van der Waals surface area contributed by atoms with Crippen LogP contribution in [0.25, 0.3) is 0 Å². The van der Waals surface area contributed by atoms with E-state index in [1.54, 1.807) is 0 Å². The van der Waals surface area contributed by atoms with Crippen LogP contribution in [0.1, 0.15) is 85.5 Å². The van der Waals surface area contributed by atoms with E-state index in [0.29, 0.717) is 6.42 Å². The maximum atomic E-state index is 11.2. The van der Waals surface area contributed by atoms with E-state index in [2.05, 4.69) is 19.2 Å². The molecular weight excluding hydrogens is 210 g/mol. The summed E-state index contributed by atoms with van der Waals surface area (Å²) in [5.74, 6) is 0.227. The van der Waals surface area contributed by atoms with Gasteiger partial charge in [-0.05, 0) is 12.8 Å². The molecule has 2 heteroatoms. The quantitative estimate of drug-likeness (QED) is 0.555. The fraction of sp³-hybridized carbons (Fsp3) is 0.933. The first kappa shape index (κ1) is 18.8. The third kappa shape index (κ3) is 18.1. The zero-order valence-electron chi connectivity index (χ0n) is 12.5. The number of nitrogens with one attached hydrogen (secondary N) is 1. The first-order valence-electron chi connectivity index (χ1n) is 7.58. The van der Waals surface area contributed by atoms with E-state index >= 15 is 0 Å². The van der Waals surface area contributed by atoms with Crippen molar-refractivity contribution in [1.82, 2.24) is 5.32 Å². The van der Waals surface area contributed by atoms with E-state index in [4.69, 9.17) is 0 Å². The molecule has 0 bridgehead atoms. The average Bonchev–Trinajstić information content (AvgIpc) is 2.37. The van der Waals surface area contributed by atoms with Gasteiger partial charge in [0.15, 0.2) is 0 Å². The number of carbonyl (C=O) groups excluding carboxylic acids is 1. The van der Waals surface area contributed by atoms with E-state index in [0.717, 1.165) is 19.4 Å². The highest BCUT2D eigenvalue weighted by molar-refractivity contribution is 5.75.